The Hall–Kier alpha value is -0.710. The monoisotopic (exact) mass is 221 g/mol. The maximum absolute atomic E-state index is 13.4. The predicted octanol–water partition coefficient (Wildman–Crippen LogP) is 1.70. The second-order valence-corrected chi connectivity index (χ2v) is 4.23. The lowest BCUT2D eigenvalue weighted by atomic mass is 9.78. The number of hydrogen-bond acceptors (Lipinski definition) is 3. The molecule has 0 amide bonds. The quantitative estimate of drug-likeness (QED) is 0.738. The van der Waals surface area contributed by atoms with Crippen LogP contribution in [0, 0.1) is 5.92 Å². The molecule has 2 N–H and O–H groups in total. The number of alkyl halides is 2. The molecule has 1 rings (SSSR count). The van der Waals surface area contributed by atoms with Crippen molar-refractivity contribution in [1.29, 1.82) is 0 Å². The van der Waals surface area contributed by atoms with Crippen LogP contribution in [0.4, 0.5) is 8.78 Å². The van der Waals surface area contributed by atoms with E-state index in [4.69, 9.17) is 5.73 Å². The first-order valence-electron chi connectivity index (χ1n) is 5.09. The van der Waals surface area contributed by atoms with Crippen LogP contribution < -0.4 is 5.73 Å². The number of ether oxygens (including phenoxy) is 1. The molecule has 15 heavy (non-hydrogen) atoms. The first kappa shape index (κ1) is 12.4. The summed E-state index contributed by atoms with van der Waals surface area (Å²) in [6, 6.07) is 0. The average Bonchev–Trinajstić information content (AvgIpc) is 2.66. The zero-order valence-electron chi connectivity index (χ0n) is 9.06. The van der Waals surface area contributed by atoms with E-state index in [1.54, 1.807) is 0 Å². The summed E-state index contributed by atoms with van der Waals surface area (Å²) < 4.78 is 31.3. The molecule has 0 heterocycles. The maximum Gasteiger partial charge on any atom is 0.332 e. The van der Waals surface area contributed by atoms with E-state index < -0.39 is 23.3 Å². The minimum absolute atomic E-state index is 0.482. The number of carbonyl (C=O) groups excluding carboxylic acids is 1. The van der Waals surface area contributed by atoms with E-state index in [0.29, 0.717) is 19.8 Å². The number of esters is 1. The average molecular weight is 221 g/mol. The fourth-order valence-electron chi connectivity index (χ4n) is 2.25. The highest BCUT2D eigenvalue weighted by molar-refractivity contribution is 5.82. The van der Waals surface area contributed by atoms with Crippen molar-refractivity contribution in [1.82, 2.24) is 0 Å². The second-order valence-electron chi connectivity index (χ2n) is 4.23. The molecule has 1 atom stereocenters. The number of nitrogens with two attached hydrogens (primary N) is 1. The van der Waals surface area contributed by atoms with Crippen LogP contribution in [0.3, 0.4) is 0 Å². The topological polar surface area (TPSA) is 52.3 Å². The molecular formula is C10H17F2NO2. The van der Waals surface area contributed by atoms with Gasteiger partial charge in [0, 0.05) is 6.92 Å². The third kappa shape index (κ3) is 1.97. The summed E-state index contributed by atoms with van der Waals surface area (Å²) in [5.74, 6) is -4.75. The van der Waals surface area contributed by atoms with E-state index in [1.165, 1.54) is 0 Å². The van der Waals surface area contributed by atoms with Crippen LogP contribution in [-0.2, 0) is 9.53 Å². The van der Waals surface area contributed by atoms with Gasteiger partial charge in [-0.1, -0.05) is 12.8 Å². The molecule has 0 radical (unpaired) electrons. The van der Waals surface area contributed by atoms with Gasteiger partial charge in [-0.05, 0) is 18.8 Å². The summed E-state index contributed by atoms with van der Waals surface area (Å²) >= 11 is 0. The largest absolute Gasteiger partial charge is 0.467 e. The van der Waals surface area contributed by atoms with E-state index in [-0.39, 0.29) is 0 Å². The molecule has 0 aromatic carbocycles. The molecule has 0 aliphatic heterocycles. The van der Waals surface area contributed by atoms with Crippen LogP contribution in [0.25, 0.3) is 0 Å². The van der Waals surface area contributed by atoms with Crippen LogP contribution in [0.15, 0.2) is 0 Å². The van der Waals surface area contributed by atoms with Gasteiger partial charge < -0.3 is 10.5 Å². The Balaban J connectivity index is 3.00. The standard InChI is InChI=1S/C10H17F2NO2/c1-9(11,12)10(13,8(14)15-2)7-5-3-4-6-7/h7H,3-6,13H2,1-2H3. The van der Waals surface area contributed by atoms with Crippen LogP contribution in [0.2, 0.25) is 0 Å². The Labute approximate surface area is 88.0 Å². The summed E-state index contributed by atoms with van der Waals surface area (Å²) in [5, 5.41) is 0. The van der Waals surface area contributed by atoms with Crippen molar-refractivity contribution in [3.05, 3.63) is 0 Å². The molecular weight excluding hydrogens is 204 g/mol. The van der Waals surface area contributed by atoms with Gasteiger partial charge in [0.05, 0.1) is 7.11 Å². The number of halogens is 2. The predicted molar refractivity (Wildman–Crippen MR) is 51.5 cm³/mol. The fraction of sp³-hybridized carbons (Fsp3) is 0.900. The first-order chi connectivity index (χ1) is 6.84. The van der Waals surface area contributed by atoms with E-state index in [2.05, 4.69) is 4.74 Å². The fourth-order valence-corrected chi connectivity index (χ4v) is 2.25. The Morgan fingerprint density at radius 3 is 2.20 bits per heavy atom. The highest BCUT2D eigenvalue weighted by Crippen LogP contribution is 2.41. The van der Waals surface area contributed by atoms with Crippen molar-refractivity contribution in [3.63, 3.8) is 0 Å². The third-order valence-electron chi connectivity index (χ3n) is 3.25. The number of hydrogen-bond donors (Lipinski definition) is 1. The molecule has 5 heteroatoms. The van der Waals surface area contributed by atoms with Crippen LogP contribution in [0.5, 0.6) is 0 Å². The van der Waals surface area contributed by atoms with E-state index >= 15 is 0 Å². The normalized spacial score (nSPS) is 22.5. The maximum atomic E-state index is 13.4. The summed E-state index contributed by atoms with van der Waals surface area (Å²) in [6.07, 6.45) is 2.82. The van der Waals surface area contributed by atoms with Gasteiger partial charge in [-0.15, -0.1) is 0 Å². The summed E-state index contributed by atoms with van der Waals surface area (Å²) in [5.41, 5.74) is 3.44. The third-order valence-corrected chi connectivity index (χ3v) is 3.25. The van der Waals surface area contributed by atoms with Crippen LogP contribution in [-0.4, -0.2) is 24.5 Å². The zero-order valence-corrected chi connectivity index (χ0v) is 9.06. The minimum Gasteiger partial charge on any atom is -0.467 e. The van der Waals surface area contributed by atoms with Gasteiger partial charge in [0.25, 0.3) is 5.92 Å². The highest BCUT2D eigenvalue weighted by Gasteiger charge is 2.59. The molecule has 1 saturated carbocycles. The molecule has 88 valence electrons. The van der Waals surface area contributed by atoms with Gasteiger partial charge >= 0.3 is 5.97 Å². The number of carbonyl (C=O) groups is 1. The molecule has 1 unspecified atom stereocenters. The summed E-state index contributed by atoms with van der Waals surface area (Å²) in [4.78, 5) is 11.4. The lowest BCUT2D eigenvalue weighted by molar-refractivity contribution is -0.168. The molecule has 0 spiro atoms. The lowest BCUT2D eigenvalue weighted by Gasteiger charge is -2.37. The van der Waals surface area contributed by atoms with E-state index in [9.17, 15) is 13.6 Å². The Morgan fingerprint density at radius 1 is 1.40 bits per heavy atom. The Morgan fingerprint density at radius 2 is 1.87 bits per heavy atom. The highest BCUT2D eigenvalue weighted by atomic mass is 19.3. The molecule has 0 bridgehead atoms. The first-order valence-corrected chi connectivity index (χ1v) is 5.09. The molecule has 3 nitrogen and oxygen atoms in total. The molecule has 1 aliphatic carbocycles. The van der Waals surface area contributed by atoms with Gasteiger partial charge in [-0.25, -0.2) is 13.6 Å². The van der Waals surface area contributed by atoms with Gasteiger partial charge in [0.1, 0.15) is 0 Å². The van der Waals surface area contributed by atoms with Crippen molar-refractivity contribution >= 4 is 5.97 Å². The van der Waals surface area contributed by atoms with Crippen molar-refractivity contribution in [2.45, 2.75) is 44.1 Å². The van der Waals surface area contributed by atoms with Gasteiger partial charge in [-0.2, -0.15) is 0 Å². The van der Waals surface area contributed by atoms with Crippen LogP contribution in [0.1, 0.15) is 32.6 Å². The van der Waals surface area contributed by atoms with Crippen molar-refractivity contribution in [3.8, 4) is 0 Å². The van der Waals surface area contributed by atoms with Gasteiger partial charge in [-0.3, -0.25) is 0 Å². The smallest absolute Gasteiger partial charge is 0.332 e. The van der Waals surface area contributed by atoms with Crippen molar-refractivity contribution < 1.29 is 18.3 Å². The summed E-state index contributed by atoms with van der Waals surface area (Å²) in [7, 11) is 1.09. The van der Waals surface area contributed by atoms with Gasteiger partial charge in [0.2, 0.25) is 0 Å². The van der Waals surface area contributed by atoms with Crippen molar-refractivity contribution in [2.75, 3.05) is 7.11 Å². The Bertz CT molecular complexity index is 246. The van der Waals surface area contributed by atoms with Gasteiger partial charge in [0.15, 0.2) is 5.54 Å². The van der Waals surface area contributed by atoms with E-state index in [0.717, 1.165) is 20.0 Å². The molecule has 1 aliphatic rings. The molecule has 1 fully saturated rings. The second kappa shape index (κ2) is 4.04. The molecule has 0 saturated heterocycles. The zero-order chi connectivity index (χ0) is 11.7. The summed E-state index contributed by atoms with van der Waals surface area (Å²) in [6.45, 7) is 0.683. The Kier molecular flexibility index (Phi) is 3.33. The lowest BCUT2D eigenvalue weighted by Crippen LogP contribution is -2.64. The minimum atomic E-state index is -3.25. The van der Waals surface area contributed by atoms with E-state index in [1.807, 2.05) is 0 Å². The number of rotatable bonds is 3. The number of methoxy groups -OCH3 is 1. The van der Waals surface area contributed by atoms with Crippen LogP contribution >= 0.6 is 0 Å². The SMILES string of the molecule is COC(=O)C(N)(C1CCCC1)C(C)(F)F. The van der Waals surface area contributed by atoms with Crippen molar-refractivity contribution in [2.24, 2.45) is 11.7 Å². The molecule has 0 aromatic heterocycles. The molecule has 0 aromatic rings.